The predicted molar refractivity (Wildman–Crippen MR) is 109 cm³/mol. The van der Waals surface area contributed by atoms with E-state index in [1.807, 2.05) is 43.3 Å². The summed E-state index contributed by atoms with van der Waals surface area (Å²) in [7, 11) is 0. The van der Waals surface area contributed by atoms with Gasteiger partial charge in [-0.2, -0.15) is 0 Å². The Morgan fingerprint density at radius 2 is 1.93 bits per heavy atom. The number of benzene rings is 2. The molecule has 3 aromatic rings. The summed E-state index contributed by atoms with van der Waals surface area (Å²) in [5, 5.41) is 0.557. The molecule has 4 rings (SSSR count). The summed E-state index contributed by atoms with van der Waals surface area (Å²) in [4.78, 5) is 31.4. The van der Waals surface area contributed by atoms with Crippen LogP contribution < -0.4 is 15.0 Å². The summed E-state index contributed by atoms with van der Waals surface area (Å²) in [6, 6.07) is 14.7. The van der Waals surface area contributed by atoms with Crippen LogP contribution in [0.4, 0.5) is 0 Å². The van der Waals surface area contributed by atoms with Crippen LogP contribution >= 0.6 is 0 Å². The number of fused-ring (bicyclic) bond motifs is 2. The fourth-order valence-electron chi connectivity index (χ4n) is 3.45. The molecule has 1 aromatic heterocycles. The Bertz CT molecular complexity index is 1080. The zero-order chi connectivity index (χ0) is 20.2. The van der Waals surface area contributed by atoms with Crippen LogP contribution in [0, 0.1) is 0 Å². The van der Waals surface area contributed by atoms with Gasteiger partial charge < -0.3 is 14.4 Å². The van der Waals surface area contributed by atoms with Crippen molar-refractivity contribution in [3.63, 3.8) is 0 Å². The minimum atomic E-state index is -0.223. The van der Waals surface area contributed by atoms with Crippen LogP contribution in [0.1, 0.15) is 13.3 Å². The smallest absolute Gasteiger partial charge is 0.261 e. The average molecular weight is 393 g/mol. The molecule has 0 saturated carbocycles. The van der Waals surface area contributed by atoms with Gasteiger partial charge in [-0.15, -0.1) is 0 Å². The Labute approximate surface area is 168 Å². The first kappa shape index (κ1) is 19.0. The molecule has 0 fully saturated rings. The van der Waals surface area contributed by atoms with E-state index in [1.165, 1.54) is 10.9 Å². The van der Waals surface area contributed by atoms with E-state index >= 15 is 0 Å². The lowest BCUT2D eigenvalue weighted by molar-refractivity contribution is -0.132. The van der Waals surface area contributed by atoms with E-state index in [0.717, 1.165) is 5.75 Å². The first-order valence-electron chi connectivity index (χ1n) is 9.76. The topological polar surface area (TPSA) is 73.7 Å². The Hall–Kier alpha value is -3.35. The maximum atomic E-state index is 12.7. The van der Waals surface area contributed by atoms with Crippen LogP contribution in [0.25, 0.3) is 10.9 Å². The first-order valence-corrected chi connectivity index (χ1v) is 9.76. The lowest BCUT2D eigenvalue weighted by Crippen LogP contribution is -2.44. The molecular formula is C22H23N3O4. The molecule has 0 saturated heterocycles. The number of ether oxygens (including phenoxy) is 2. The van der Waals surface area contributed by atoms with Gasteiger partial charge in [0.2, 0.25) is 5.91 Å². The number of aromatic nitrogens is 2. The minimum Gasteiger partial charge on any atom is -0.486 e. The number of hydrogen-bond donors (Lipinski definition) is 0. The van der Waals surface area contributed by atoms with Gasteiger partial charge >= 0.3 is 0 Å². The van der Waals surface area contributed by atoms with E-state index < -0.39 is 0 Å². The molecule has 150 valence electrons. The molecule has 0 radical (unpaired) electrons. The summed E-state index contributed by atoms with van der Waals surface area (Å²) in [5.74, 6) is 1.39. The van der Waals surface area contributed by atoms with Crippen molar-refractivity contribution in [2.75, 3.05) is 19.7 Å². The second-order valence-electron chi connectivity index (χ2n) is 6.94. The van der Waals surface area contributed by atoms with Crippen molar-refractivity contribution in [3.05, 3.63) is 65.2 Å². The van der Waals surface area contributed by atoms with E-state index in [-0.39, 0.29) is 30.5 Å². The zero-order valence-corrected chi connectivity index (χ0v) is 16.3. The highest BCUT2D eigenvalue weighted by atomic mass is 16.6. The van der Waals surface area contributed by atoms with Crippen LogP contribution in [0.2, 0.25) is 0 Å². The van der Waals surface area contributed by atoms with Crippen molar-refractivity contribution in [1.29, 1.82) is 0 Å². The maximum absolute atomic E-state index is 12.7. The van der Waals surface area contributed by atoms with Crippen LogP contribution in [-0.4, -0.2) is 46.2 Å². The fraction of sp³-hybridized carbons (Fsp3) is 0.318. The van der Waals surface area contributed by atoms with E-state index in [2.05, 4.69) is 4.98 Å². The Kier molecular flexibility index (Phi) is 5.46. The third kappa shape index (κ3) is 4.08. The highest BCUT2D eigenvalue weighted by Crippen LogP contribution is 2.31. The van der Waals surface area contributed by atoms with Gasteiger partial charge in [0.15, 0.2) is 17.6 Å². The Balaban J connectivity index is 1.38. The van der Waals surface area contributed by atoms with Crippen LogP contribution in [0.15, 0.2) is 59.7 Å². The van der Waals surface area contributed by atoms with E-state index in [4.69, 9.17) is 9.47 Å². The van der Waals surface area contributed by atoms with Gasteiger partial charge in [0.1, 0.15) is 6.61 Å². The number of aryl methyl sites for hydroxylation is 1. The van der Waals surface area contributed by atoms with E-state index in [9.17, 15) is 9.59 Å². The predicted octanol–water partition coefficient (Wildman–Crippen LogP) is 2.48. The summed E-state index contributed by atoms with van der Waals surface area (Å²) in [5.41, 5.74) is 0.525. The SMILES string of the molecule is CCN(CC1COc2ccccc2O1)C(=O)CCn1cnc2ccccc2c1=O. The van der Waals surface area contributed by atoms with Gasteiger partial charge in [-0.05, 0) is 31.2 Å². The van der Waals surface area contributed by atoms with Crippen molar-refractivity contribution >= 4 is 16.8 Å². The number of carbonyl (C=O) groups is 1. The van der Waals surface area contributed by atoms with Crippen molar-refractivity contribution in [3.8, 4) is 11.5 Å². The molecule has 7 nitrogen and oxygen atoms in total. The molecule has 1 aliphatic rings. The number of nitrogens with zero attached hydrogens (tertiary/aromatic N) is 3. The average Bonchev–Trinajstić information content (AvgIpc) is 2.77. The first-order chi connectivity index (χ1) is 14.2. The quantitative estimate of drug-likeness (QED) is 0.643. The molecule has 2 aromatic carbocycles. The molecule has 0 spiro atoms. The van der Waals surface area contributed by atoms with Crippen LogP contribution in [0.3, 0.4) is 0 Å². The minimum absolute atomic E-state index is 0.0324. The molecule has 1 aliphatic heterocycles. The molecule has 1 atom stereocenters. The molecule has 0 aliphatic carbocycles. The Morgan fingerprint density at radius 1 is 1.17 bits per heavy atom. The molecule has 0 bridgehead atoms. The van der Waals surface area contributed by atoms with Gasteiger partial charge in [0.25, 0.3) is 5.56 Å². The number of hydrogen-bond acceptors (Lipinski definition) is 5. The van der Waals surface area contributed by atoms with Crippen molar-refractivity contribution in [2.24, 2.45) is 0 Å². The third-order valence-corrected chi connectivity index (χ3v) is 5.02. The van der Waals surface area contributed by atoms with Gasteiger partial charge in [-0.1, -0.05) is 24.3 Å². The number of amides is 1. The lowest BCUT2D eigenvalue weighted by atomic mass is 10.2. The van der Waals surface area contributed by atoms with E-state index in [1.54, 1.807) is 17.0 Å². The van der Waals surface area contributed by atoms with Crippen molar-refractivity contribution in [2.45, 2.75) is 26.0 Å². The van der Waals surface area contributed by atoms with Gasteiger partial charge in [0, 0.05) is 19.5 Å². The number of para-hydroxylation sites is 3. The van der Waals surface area contributed by atoms with Crippen LogP contribution in [-0.2, 0) is 11.3 Å². The molecule has 1 amide bonds. The van der Waals surface area contributed by atoms with Gasteiger partial charge in [-0.25, -0.2) is 4.98 Å². The summed E-state index contributed by atoms with van der Waals surface area (Å²) in [6.07, 6.45) is 1.50. The highest BCUT2D eigenvalue weighted by molar-refractivity contribution is 5.77. The summed E-state index contributed by atoms with van der Waals surface area (Å²) >= 11 is 0. The molecule has 7 heteroatoms. The van der Waals surface area contributed by atoms with Gasteiger partial charge in [0.05, 0.1) is 23.8 Å². The Morgan fingerprint density at radius 3 is 2.76 bits per heavy atom. The summed E-state index contributed by atoms with van der Waals surface area (Å²) in [6.45, 7) is 3.62. The van der Waals surface area contributed by atoms with Gasteiger partial charge in [-0.3, -0.25) is 14.2 Å². The van der Waals surface area contributed by atoms with E-state index in [0.29, 0.717) is 36.3 Å². The number of rotatable bonds is 6. The van der Waals surface area contributed by atoms with Crippen molar-refractivity contribution < 1.29 is 14.3 Å². The zero-order valence-electron chi connectivity index (χ0n) is 16.3. The number of carbonyl (C=O) groups excluding carboxylic acids is 1. The molecule has 0 N–H and O–H groups in total. The molecular weight excluding hydrogens is 370 g/mol. The lowest BCUT2D eigenvalue weighted by Gasteiger charge is -2.31. The second kappa shape index (κ2) is 8.34. The molecule has 1 unspecified atom stereocenters. The number of likely N-dealkylation sites (N-methyl/N-ethyl adjacent to an activating group) is 1. The fourth-order valence-corrected chi connectivity index (χ4v) is 3.45. The van der Waals surface area contributed by atoms with Crippen molar-refractivity contribution in [1.82, 2.24) is 14.5 Å². The highest BCUT2D eigenvalue weighted by Gasteiger charge is 2.24. The maximum Gasteiger partial charge on any atom is 0.261 e. The standard InChI is InChI=1S/C22H23N3O4/c1-2-24(13-16-14-28-19-9-5-6-10-20(19)29-16)21(26)11-12-25-15-23-18-8-4-3-7-17(18)22(25)27/h3-10,15-16H,2,11-14H2,1H3. The monoisotopic (exact) mass is 393 g/mol. The molecule has 29 heavy (non-hydrogen) atoms. The summed E-state index contributed by atoms with van der Waals surface area (Å²) < 4.78 is 13.2. The van der Waals surface area contributed by atoms with Crippen LogP contribution in [0.5, 0.6) is 11.5 Å². The third-order valence-electron chi connectivity index (χ3n) is 5.02. The second-order valence-corrected chi connectivity index (χ2v) is 6.94. The normalized spacial score (nSPS) is 15.3. The largest absolute Gasteiger partial charge is 0.486 e. The molecule has 2 heterocycles.